The number of fused-ring (bicyclic) bond motifs is 1. The molecule has 3 aliphatic carbocycles. The largest absolute Gasteiger partial charge is 0.350 e. The number of amides is 2. The van der Waals surface area contributed by atoms with Crippen molar-refractivity contribution in [1.29, 1.82) is 0 Å². The van der Waals surface area contributed by atoms with Crippen LogP contribution in [-0.4, -0.2) is 21.4 Å². The van der Waals surface area contributed by atoms with Gasteiger partial charge in [0, 0.05) is 47.7 Å². The molecule has 2 bridgehead atoms. The van der Waals surface area contributed by atoms with Crippen molar-refractivity contribution < 1.29 is 9.59 Å². The fourth-order valence-corrected chi connectivity index (χ4v) is 6.51. The number of rotatable bonds is 3. The molecule has 8 rings (SSSR count). The number of aryl methyl sites for hydroxylation is 1. The lowest BCUT2D eigenvalue weighted by atomic mass is 9.55. The lowest BCUT2D eigenvalue weighted by Gasteiger charge is -2.45. The van der Waals surface area contributed by atoms with Crippen LogP contribution in [0.15, 0.2) is 85.2 Å². The highest BCUT2D eigenvalue weighted by atomic mass is 16.2. The standard InChI is InChI=1S/C29H23N3O2/c1-31-16-17(18-8-6-7-13-23(18)31)14-15-30-32-28(33)26-24-19-9-2-3-10-20(19)25(27(26)29(32)34)22-12-5-4-11-21(22)24/h2-16,24-27,30H,1H3/b15-14+/t24?,25?,26-,27-/m0/s1. The first-order valence-electron chi connectivity index (χ1n) is 11.7. The molecule has 1 aliphatic heterocycles. The zero-order valence-electron chi connectivity index (χ0n) is 18.7. The number of aromatic nitrogens is 1. The van der Waals surface area contributed by atoms with Crippen molar-refractivity contribution >= 4 is 28.8 Å². The van der Waals surface area contributed by atoms with Crippen molar-refractivity contribution in [3.8, 4) is 0 Å². The van der Waals surface area contributed by atoms with Crippen LogP contribution >= 0.6 is 0 Å². The Hall–Kier alpha value is -4.12. The van der Waals surface area contributed by atoms with Gasteiger partial charge in [0.15, 0.2) is 0 Å². The molecule has 0 radical (unpaired) electrons. The molecular formula is C29H23N3O2. The zero-order chi connectivity index (χ0) is 23.0. The third kappa shape index (κ3) is 2.44. The number of hydrogen-bond donors (Lipinski definition) is 1. The van der Waals surface area contributed by atoms with Crippen LogP contribution in [0.5, 0.6) is 0 Å². The highest BCUT2D eigenvalue weighted by Crippen LogP contribution is 2.60. The fourth-order valence-electron chi connectivity index (χ4n) is 6.51. The molecule has 1 fully saturated rings. The Morgan fingerprint density at radius 2 is 1.24 bits per heavy atom. The maximum Gasteiger partial charge on any atom is 0.253 e. The minimum Gasteiger partial charge on any atom is -0.350 e. The molecule has 2 amide bonds. The number of para-hydroxylation sites is 1. The fraction of sp³-hybridized carbons (Fsp3) is 0.172. The van der Waals surface area contributed by atoms with Crippen molar-refractivity contribution in [2.45, 2.75) is 11.8 Å². The topological polar surface area (TPSA) is 54.3 Å². The Morgan fingerprint density at radius 1 is 0.735 bits per heavy atom. The summed E-state index contributed by atoms with van der Waals surface area (Å²) in [6, 6.07) is 24.8. The average molecular weight is 446 g/mol. The Labute approximate surface area is 197 Å². The summed E-state index contributed by atoms with van der Waals surface area (Å²) in [7, 11) is 2.01. The van der Waals surface area contributed by atoms with Crippen LogP contribution in [0.1, 0.15) is 39.7 Å². The lowest BCUT2D eigenvalue weighted by Crippen LogP contribution is -2.41. The van der Waals surface area contributed by atoms with Gasteiger partial charge in [0.05, 0.1) is 11.8 Å². The smallest absolute Gasteiger partial charge is 0.253 e. The van der Waals surface area contributed by atoms with E-state index in [0.717, 1.165) is 16.5 Å². The Kier molecular flexibility index (Phi) is 3.95. The first-order chi connectivity index (χ1) is 16.6. The van der Waals surface area contributed by atoms with Gasteiger partial charge in [0.1, 0.15) is 0 Å². The van der Waals surface area contributed by atoms with Crippen LogP contribution in [0.4, 0.5) is 0 Å². The van der Waals surface area contributed by atoms with E-state index in [1.165, 1.54) is 27.3 Å². The molecule has 2 heterocycles. The number of benzene rings is 3. The van der Waals surface area contributed by atoms with Gasteiger partial charge in [-0.25, -0.2) is 0 Å². The second-order valence-electron chi connectivity index (χ2n) is 9.45. The monoisotopic (exact) mass is 445 g/mol. The summed E-state index contributed by atoms with van der Waals surface area (Å²) in [5.74, 6) is -1.21. The van der Waals surface area contributed by atoms with Gasteiger partial charge in [-0.05, 0) is 34.4 Å². The average Bonchev–Trinajstić information content (AvgIpc) is 3.33. The molecule has 5 heteroatoms. The van der Waals surface area contributed by atoms with E-state index < -0.39 is 0 Å². The van der Waals surface area contributed by atoms with Gasteiger partial charge in [0.2, 0.25) is 0 Å². The second-order valence-corrected chi connectivity index (χ2v) is 9.45. The number of nitrogens with one attached hydrogen (secondary N) is 1. The molecule has 0 unspecified atom stereocenters. The van der Waals surface area contributed by atoms with Crippen LogP contribution in [0.3, 0.4) is 0 Å². The van der Waals surface area contributed by atoms with E-state index in [1.807, 2.05) is 55.7 Å². The highest BCUT2D eigenvalue weighted by molar-refractivity contribution is 6.07. The van der Waals surface area contributed by atoms with Crippen molar-refractivity contribution in [3.05, 3.63) is 113 Å². The van der Waals surface area contributed by atoms with E-state index in [-0.39, 0.29) is 35.5 Å². The molecule has 1 N–H and O–H groups in total. The summed E-state index contributed by atoms with van der Waals surface area (Å²) >= 11 is 0. The predicted molar refractivity (Wildman–Crippen MR) is 130 cm³/mol. The normalized spacial score (nSPS) is 24.6. The van der Waals surface area contributed by atoms with Crippen LogP contribution in [0, 0.1) is 11.8 Å². The van der Waals surface area contributed by atoms with E-state index in [0.29, 0.717) is 0 Å². The quantitative estimate of drug-likeness (QED) is 0.471. The van der Waals surface area contributed by atoms with Gasteiger partial charge in [-0.15, -0.1) is 0 Å². The molecule has 2 atom stereocenters. The number of nitrogens with zero attached hydrogens (tertiary/aromatic N) is 2. The highest BCUT2D eigenvalue weighted by Gasteiger charge is 2.61. The van der Waals surface area contributed by atoms with Gasteiger partial charge in [-0.1, -0.05) is 66.7 Å². The molecule has 1 aromatic heterocycles. The van der Waals surface area contributed by atoms with E-state index in [4.69, 9.17) is 0 Å². The first kappa shape index (κ1) is 19.4. The predicted octanol–water partition coefficient (Wildman–Crippen LogP) is 4.55. The van der Waals surface area contributed by atoms with Crippen LogP contribution in [0.2, 0.25) is 0 Å². The zero-order valence-corrected chi connectivity index (χ0v) is 18.7. The van der Waals surface area contributed by atoms with Crippen molar-refractivity contribution in [2.75, 3.05) is 0 Å². The van der Waals surface area contributed by atoms with Gasteiger partial charge in [0.25, 0.3) is 11.8 Å². The van der Waals surface area contributed by atoms with E-state index in [2.05, 4.69) is 46.4 Å². The number of carbonyl (C=O) groups excluding carboxylic acids is 2. The summed E-state index contributed by atoms with van der Waals surface area (Å²) < 4.78 is 2.07. The second kappa shape index (κ2) is 6.94. The van der Waals surface area contributed by atoms with Gasteiger partial charge >= 0.3 is 0 Å². The number of carbonyl (C=O) groups is 2. The van der Waals surface area contributed by atoms with Crippen LogP contribution < -0.4 is 5.43 Å². The Bertz CT molecular complexity index is 1420. The van der Waals surface area contributed by atoms with Gasteiger partial charge in [-0.3, -0.25) is 15.0 Å². The van der Waals surface area contributed by atoms with Crippen molar-refractivity contribution in [2.24, 2.45) is 18.9 Å². The molecule has 5 nitrogen and oxygen atoms in total. The van der Waals surface area contributed by atoms with Crippen LogP contribution in [-0.2, 0) is 16.6 Å². The number of hydrogen-bond acceptors (Lipinski definition) is 3. The minimum atomic E-state index is -0.374. The minimum absolute atomic E-state index is 0.0901. The molecule has 166 valence electrons. The van der Waals surface area contributed by atoms with E-state index in [9.17, 15) is 9.59 Å². The third-order valence-corrected chi connectivity index (χ3v) is 7.84. The Balaban J connectivity index is 1.25. The van der Waals surface area contributed by atoms with Crippen molar-refractivity contribution in [3.63, 3.8) is 0 Å². The molecule has 0 spiro atoms. The maximum atomic E-state index is 13.6. The summed E-state index contributed by atoms with van der Waals surface area (Å²) in [5.41, 5.74) is 9.92. The first-order valence-corrected chi connectivity index (χ1v) is 11.7. The molecule has 4 aromatic rings. The van der Waals surface area contributed by atoms with Gasteiger partial charge < -0.3 is 4.57 Å². The van der Waals surface area contributed by atoms with E-state index >= 15 is 0 Å². The summed E-state index contributed by atoms with van der Waals surface area (Å²) in [6.45, 7) is 0. The van der Waals surface area contributed by atoms with Crippen molar-refractivity contribution in [1.82, 2.24) is 15.0 Å². The molecule has 0 saturated carbocycles. The van der Waals surface area contributed by atoms with Gasteiger partial charge in [-0.2, -0.15) is 5.01 Å². The molecular weight excluding hydrogens is 422 g/mol. The third-order valence-electron chi connectivity index (χ3n) is 7.84. The molecule has 1 saturated heterocycles. The summed E-state index contributed by atoms with van der Waals surface area (Å²) in [6.07, 6.45) is 5.67. The van der Waals surface area contributed by atoms with E-state index in [1.54, 1.807) is 6.20 Å². The molecule has 34 heavy (non-hydrogen) atoms. The number of imide groups is 1. The number of hydrazine groups is 1. The lowest BCUT2D eigenvalue weighted by molar-refractivity contribution is -0.142. The Morgan fingerprint density at radius 3 is 1.79 bits per heavy atom. The molecule has 3 aromatic carbocycles. The SMILES string of the molecule is Cn1cc(/C=C/NN2C(=O)[C@H]3C4c5ccccc5C(c5ccccc54)[C@@H]3C2=O)c2ccccc21. The molecule has 4 aliphatic rings. The summed E-state index contributed by atoms with van der Waals surface area (Å²) in [5, 5.41) is 2.37. The maximum absolute atomic E-state index is 13.6. The summed E-state index contributed by atoms with van der Waals surface area (Å²) in [4.78, 5) is 27.2. The van der Waals surface area contributed by atoms with Crippen LogP contribution in [0.25, 0.3) is 17.0 Å².